The Balaban J connectivity index is 1.56. The largest absolute Gasteiger partial charge is 0.364 e. The van der Waals surface area contributed by atoms with E-state index in [9.17, 15) is 9.18 Å². The molecule has 0 unspecified atom stereocenters. The number of hydrogen-bond donors (Lipinski definition) is 2. The van der Waals surface area contributed by atoms with Gasteiger partial charge in [-0.2, -0.15) is 4.52 Å². The van der Waals surface area contributed by atoms with Gasteiger partial charge >= 0.3 is 0 Å². The van der Waals surface area contributed by atoms with Crippen molar-refractivity contribution in [3.63, 3.8) is 0 Å². The zero-order valence-corrected chi connectivity index (χ0v) is 20.8. The predicted octanol–water partition coefficient (Wildman–Crippen LogP) is 5.12. The highest BCUT2D eigenvalue weighted by Gasteiger charge is 2.23. The van der Waals surface area contributed by atoms with Crippen molar-refractivity contribution in [2.45, 2.75) is 39.3 Å². The lowest BCUT2D eigenvalue weighted by molar-refractivity contribution is -0.120. The summed E-state index contributed by atoms with van der Waals surface area (Å²) < 4.78 is 15.2. The molecule has 0 fully saturated rings. The summed E-state index contributed by atoms with van der Waals surface area (Å²) in [7, 11) is 1.84. The molecule has 1 atom stereocenters. The van der Waals surface area contributed by atoms with E-state index in [2.05, 4.69) is 31.4 Å². The fourth-order valence-electron chi connectivity index (χ4n) is 3.56. The lowest BCUT2D eigenvalue weighted by Gasteiger charge is -2.22. The molecular formula is C25H29FN6OS. The van der Waals surface area contributed by atoms with Crippen molar-refractivity contribution in [2.24, 2.45) is 0 Å². The summed E-state index contributed by atoms with van der Waals surface area (Å²) in [5, 5.41) is 11.9. The molecule has 2 aromatic heterocycles. The first-order valence-electron chi connectivity index (χ1n) is 11.1. The molecule has 4 rings (SSSR count). The maximum atomic E-state index is 13.5. The van der Waals surface area contributed by atoms with E-state index in [4.69, 9.17) is 10.1 Å². The Morgan fingerprint density at radius 1 is 1.15 bits per heavy atom. The first kappa shape index (κ1) is 23.7. The highest BCUT2D eigenvalue weighted by atomic mass is 32.1. The van der Waals surface area contributed by atoms with Crippen LogP contribution in [0.1, 0.15) is 39.3 Å². The van der Waals surface area contributed by atoms with Gasteiger partial charge in [-0.25, -0.2) is 9.37 Å². The Hall–Kier alpha value is -3.46. The molecule has 0 aliphatic heterocycles. The minimum absolute atomic E-state index is 0.0865. The van der Waals surface area contributed by atoms with Crippen LogP contribution in [0, 0.1) is 5.82 Å². The van der Waals surface area contributed by atoms with E-state index in [-0.39, 0.29) is 29.8 Å². The summed E-state index contributed by atoms with van der Waals surface area (Å²) in [6.45, 7) is 8.29. The van der Waals surface area contributed by atoms with E-state index in [0.717, 1.165) is 16.9 Å². The van der Waals surface area contributed by atoms with Gasteiger partial charge in [0, 0.05) is 18.2 Å². The monoisotopic (exact) mass is 480 g/mol. The molecule has 0 spiro atoms. The quantitative estimate of drug-likeness (QED) is 0.384. The Morgan fingerprint density at radius 3 is 2.47 bits per heavy atom. The van der Waals surface area contributed by atoms with Crippen LogP contribution in [0.25, 0.3) is 16.2 Å². The van der Waals surface area contributed by atoms with Crippen molar-refractivity contribution in [1.29, 1.82) is 0 Å². The molecule has 0 aliphatic carbocycles. The van der Waals surface area contributed by atoms with Gasteiger partial charge in [-0.15, -0.1) is 5.10 Å². The molecule has 0 saturated carbocycles. The van der Waals surface area contributed by atoms with Gasteiger partial charge in [0.25, 0.3) is 0 Å². The van der Waals surface area contributed by atoms with E-state index in [1.165, 1.54) is 23.5 Å². The lowest BCUT2D eigenvalue weighted by atomic mass is 10.1. The molecule has 2 N–H and O–H groups in total. The molecule has 1 amide bonds. The van der Waals surface area contributed by atoms with Gasteiger partial charge in [-0.05, 0) is 57.5 Å². The Bertz CT molecular complexity index is 1280. The van der Waals surface area contributed by atoms with Gasteiger partial charge in [0.15, 0.2) is 5.82 Å². The normalized spacial score (nSPS) is 12.5. The van der Waals surface area contributed by atoms with Crippen molar-refractivity contribution < 1.29 is 9.18 Å². The van der Waals surface area contributed by atoms with Crippen molar-refractivity contribution in [1.82, 2.24) is 19.9 Å². The van der Waals surface area contributed by atoms with Crippen LogP contribution in [0.4, 0.5) is 15.3 Å². The summed E-state index contributed by atoms with van der Waals surface area (Å²) in [6.07, 6.45) is 0. The number of nitrogens with one attached hydrogen (secondary N) is 2. The number of rotatable bonds is 7. The minimum Gasteiger partial charge on any atom is -0.364 e. The van der Waals surface area contributed by atoms with Gasteiger partial charge in [0.1, 0.15) is 11.5 Å². The maximum Gasteiger partial charge on any atom is 0.240 e. The fourth-order valence-corrected chi connectivity index (χ4v) is 4.43. The SMILES string of the molecule is C[C@@H](NC(=O)CN(C)c1nn2c(NC(C)(C)C)c(-c3ccc(F)cc3)nc2s1)c1ccccc1. The van der Waals surface area contributed by atoms with Gasteiger partial charge in [0.2, 0.25) is 16.0 Å². The molecule has 178 valence electrons. The number of hydrogen-bond acceptors (Lipinski definition) is 6. The Kier molecular flexibility index (Phi) is 6.56. The van der Waals surface area contributed by atoms with Gasteiger partial charge in [-0.1, -0.05) is 41.7 Å². The number of carbonyl (C=O) groups is 1. The third-order valence-electron chi connectivity index (χ3n) is 5.19. The molecule has 7 nitrogen and oxygen atoms in total. The first-order valence-corrected chi connectivity index (χ1v) is 11.9. The van der Waals surface area contributed by atoms with Gasteiger partial charge in [0.05, 0.1) is 12.6 Å². The van der Waals surface area contributed by atoms with Crippen molar-refractivity contribution >= 4 is 33.2 Å². The van der Waals surface area contributed by atoms with E-state index < -0.39 is 0 Å². The standard InChI is InChI=1S/C25H29FN6OS/c1-16(17-9-7-6-8-10-17)27-20(33)15-31(5)24-30-32-22(29-25(2,3)4)21(28-23(32)34-24)18-11-13-19(26)14-12-18/h6-14,16,29H,15H2,1-5H3,(H,27,33)/t16-/m1/s1. The molecule has 0 bridgehead atoms. The van der Waals surface area contributed by atoms with Crippen LogP contribution in [0.15, 0.2) is 54.6 Å². The maximum absolute atomic E-state index is 13.5. The summed E-state index contributed by atoms with van der Waals surface area (Å²) in [5.41, 5.74) is 2.32. The second kappa shape index (κ2) is 9.42. The van der Waals surface area contributed by atoms with E-state index in [1.807, 2.05) is 49.2 Å². The second-order valence-electron chi connectivity index (χ2n) is 9.33. The number of nitrogens with zero attached hydrogens (tertiary/aromatic N) is 4. The van der Waals surface area contributed by atoms with Crippen LogP contribution in [0.2, 0.25) is 0 Å². The summed E-state index contributed by atoms with van der Waals surface area (Å²) in [5.74, 6) is 0.343. The highest BCUT2D eigenvalue weighted by Crippen LogP contribution is 2.34. The van der Waals surface area contributed by atoms with Crippen molar-refractivity contribution in [3.05, 3.63) is 66.0 Å². The Labute approximate surface area is 202 Å². The Morgan fingerprint density at radius 2 is 1.82 bits per heavy atom. The molecule has 0 radical (unpaired) electrons. The van der Waals surface area contributed by atoms with E-state index in [0.29, 0.717) is 15.8 Å². The number of imidazole rings is 1. The van der Waals surface area contributed by atoms with Crippen LogP contribution in [0.3, 0.4) is 0 Å². The van der Waals surface area contributed by atoms with Gasteiger partial charge in [-0.3, -0.25) is 4.79 Å². The average Bonchev–Trinajstić information content (AvgIpc) is 3.33. The molecule has 2 aromatic carbocycles. The number of halogens is 1. The average molecular weight is 481 g/mol. The molecule has 34 heavy (non-hydrogen) atoms. The third kappa shape index (κ3) is 5.36. The van der Waals surface area contributed by atoms with Crippen LogP contribution in [0.5, 0.6) is 0 Å². The second-order valence-corrected chi connectivity index (χ2v) is 10.3. The van der Waals surface area contributed by atoms with E-state index >= 15 is 0 Å². The molecule has 2 heterocycles. The molecule has 9 heteroatoms. The van der Waals surface area contributed by atoms with Gasteiger partial charge < -0.3 is 15.5 Å². The van der Waals surface area contributed by atoms with Crippen LogP contribution in [-0.2, 0) is 4.79 Å². The number of fused-ring (bicyclic) bond motifs is 1. The summed E-state index contributed by atoms with van der Waals surface area (Å²) >= 11 is 1.39. The number of carbonyl (C=O) groups excluding carboxylic acids is 1. The van der Waals surface area contributed by atoms with E-state index in [1.54, 1.807) is 16.6 Å². The van der Waals surface area contributed by atoms with Crippen molar-refractivity contribution in [3.8, 4) is 11.3 Å². The molecule has 4 aromatic rings. The summed E-state index contributed by atoms with van der Waals surface area (Å²) in [6, 6.07) is 16.0. The van der Waals surface area contributed by atoms with Crippen molar-refractivity contribution in [2.75, 3.05) is 23.8 Å². The zero-order valence-electron chi connectivity index (χ0n) is 20.0. The summed E-state index contributed by atoms with van der Waals surface area (Å²) in [4.78, 5) is 19.9. The fraction of sp³-hybridized carbons (Fsp3) is 0.320. The highest BCUT2D eigenvalue weighted by molar-refractivity contribution is 7.20. The molecular weight excluding hydrogens is 451 g/mol. The first-order chi connectivity index (χ1) is 16.1. The number of anilines is 2. The molecule has 0 saturated heterocycles. The number of likely N-dealkylation sites (N-methyl/N-ethyl adjacent to an activating group) is 1. The predicted molar refractivity (Wildman–Crippen MR) is 136 cm³/mol. The van der Waals surface area contributed by atoms with Crippen LogP contribution in [-0.4, -0.2) is 39.6 Å². The smallest absolute Gasteiger partial charge is 0.240 e. The van der Waals surface area contributed by atoms with Crippen LogP contribution >= 0.6 is 11.3 Å². The number of amides is 1. The minimum atomic E-state index is -0.294. The topological polar surface area (TPSA) is 74.6 Å². The number of benzene rings is 2. The lowest BCUT2D eigenvalue weighted by Crippen LogP contribution is -2.36. The third-order valence-corrected chi connectivity index (χ3v) is 6.21. The zero-order chi connectivity index (χ0) is 24.5. The molecule has 0 aliphatic rings. The van der Waals surface area contributed by atoms with Crippen LogP contribution < -0.4 is 15.5 Å². The number of aromatic nitrogens is 3.